The van der Waals surface area contributed by atoms with E-state index in [0.717, 1.165) is 50.9 Å². The number of rotatable bonds is 6. The average Bonchev–Trinajstić information content (AvgIpc) is 2.84. The van der Waals surface area contributed by atoms with Gasteiger partial charge in [-0.1, -0.05) is 34.8 Å². The fourth-order valence-corrected chi connectivity index (χ4v) is 6.85. The third-order valence-corrected chi connectivity index (χ3v) is 9.64. The summed E-state index contributed by atoms with van der Waals surface area (Å²) >= 11 is 18.0. The van der Waals surface area contributed by atoms with Gasteiger partial charge in [0, 0.05) is 36.1 Å². The first-order valence-electron chi connectivity index (χ1n) is 11.9. The molecule has 1 amide bonds. The Hall–Kier alpha value is -1.58. The van der Waals surface area contributed by atoms with E-state index in [1.807, 2.05) is 6.07 Å². The number of halogens is 4. The van der Waals surface area contributed by atoms with E-state index in [1.165, 1.54) is 6.92 Å². The van der Waals surface area contributed by atoms with E-state index >= 15 is 0 Å². The summed E-state index contributed by atoms with van der Waals surface area (Å²) in [6.07, 6.45) is 4.67. The van der Waals surface area contributed by atoms with Crippen LogP contribution in [0.1, 0.15) is 44.1 Å². The molecule has 11 heteroatoms. The number of ether oxygens (including phenoxy) is 1. The molecule has 1 saturated heterocycles. The molecule has 2 aromatic rings. The van der Waals surface area contributed by atoms with Crippen LogP contribution in [0.5, 0.6) is 5.75 Å². The quantitative estimate of drug-likeness (QED) is 0.456. The minimum absolute atomic E-state index is 0.00512. The third kappa shape index (κ3) is 6.45. The molecule has 196 valence electrons. The minimum Gasteiger partial charge on any atom is -0.490 e. The van der Waals surface area contributed by atoms with Crippen LogP contribution in [0.4, 0.5) is 4.39 Å². The number of nitrogens with zero attached hydrogens (tertiary/aromatic N) is 1. The van der Waals surface area contributed by atoms with Gasteiger partial charge in [0.25, 0.3) is 10.0 Å². The normalized spacial score (nSPS) is 21.8. The monoisotopic (exact) mass is 576 g/mol. The van der Waals surface area contributed by atoms with E-state index in [4.69, 9.17) is 39.5 Å². The Labute approximate surface area is 226 Å². The number of carbonyl (C=O) groups excluding carboxylic acids is 1. The highest BCUT2D eigenvalue weighted by atomic mass is 35.5. The van der Waals surface area contributed by atoms with Crippen LogP contribution in [0.2, 0.25) is 15.1 Å². The first kappa shape index (κ1) is 27.5. The first-order chi connectivity index (χ1) is 17.0. The Morgan fingerprint density at radius 3 is 2.28 bits per heavy atom. The Morgan fingerprint density at radius 1 is 0.972 bits per heavy atom. The van der Waals surface area contributed by atoms with E-state index in [-0.39, 0.29) is 21.6 Å². The Balaban J connectivity index is 1.26. The van der Waals surface area contributed by atoms with E-state index < -0.39 is 27.7 Å². The fourth-order valence-electron chi connectivity index (χ4n) is 4.98. The molecule has 0 bridgehead atoms. The van der Waals surface area contributed by atoms with Gasteiger partial charge in [-0.05, 0) is 75.3 Å². The maximum Gasteiger partial charge on any atom is 0.264 e. The van der Waals surface area contributed by atoms with E-state index in [0.29, 0.717) is 34.7 Å². The molecule has 1 heterocycles. The molecular formula is C25H28Cl3FN2O4S. The van der Waals surface area contributed by atoms with E-state index in [9.17, 15) is 17.6 Å². The zero-order valence-electron chi connectivity index (χ0n) is 19.8. The van der Waals surface area contributed by atoms with Crippen molar-refractivity contribution in [3.8, 4) is 5.75 Å². The standard InChI is InChI=1S/C25H28Cl3FN2O4S/c1-15-22(27)12-17(29)13-24(15)36(33,34)30-25(32)16-2-4-18(5-3-16)31-10-8-19(9-11-31)35-20-6-7-21(26)23(28)14-20/h6-7,12-14,16,18-19H,2-5,8-11H2,1H3,(H,30,32). The molecule has 1 aliphatic heterocycles. The molecule has 1 N–H and O–H groups in total. The Morgan fingerprint density at radius 2 is 1.64 bits per heavy atom. The zero-order chi connectivity index (χ0) is 26.0. The Bertz CT molecular complexity index is 1230. The number of carbonyl (C=O) groups is 1. The minimum atomic E-state index is -4.22. The number of amides is 1. The second kappa shape index (κ2) is 11.4. The highest BCUT2D eigenvalue weighted by Crippen LogP contribution is 2.32. The molecule has 1 aliphatic carbocycles. The lowest BCUT2D eigenvalue weighted by Gasteiger charge is -2.40. The second-order valence-electron chi connectivity index (χ2n) is 9.42. The maximum atomic E-state index is 13.7. The summed E-state index contributed by atoms with van der Waals surface area (Å²) in [7, 11) is -4.22. The largest absolute Gasteiger partial charge is 0.490 e. The van der Waals surface area contributed by atoms with Gasteiger partial charge in [-0.15, -0.1) is 0 Å². The zero-order valence-corrected chi connectivity index (χ0v) is 22.9. The molecule has 6 nitrogen and oxygen atoms in total. The van der Waals surface area contributed by atoms with Crippen LogP contribution in [-0.2, 0) is 14.8 Å². The molecule has 1 saturated carbocycles. The molecular weight excluding hydrogens is 550 g/mol. The predicted molar refractivity (Wildman–Crippen MR) is 139 cm³/mol. The fraction of sp³-hybridized carbons (Fsp3) is 0.480. The van der Waals surface area contributed by atoms with Crippen molar-refractivity contribution in [3.05, 3.63) is 56.8 Å². The van der Waals surface area contributed by atoms with Crippen LogP contribution in [0.25, 0.3) is 0 Å². The van der Waals surface area contributed by atoms with Crippen LogP contribution < -0.4 is 9.46 Å². The molecule has 0 atom stereocenters. The first-order valence-corrected chi connectivity index (χ1v) is 14.5. The lowest BCUT2D eigenvalue weighted by molar-refractivity contribution is -0.124. The van der Waals surface area contributed by atoms with Gasteiger partial charge in [0.05, 0.1) is 14.9 Å². The molecule has 2 aromatic carbocycles. The summed E-state index contributed by atoms with van der Waals surface area (Å²) in [4.78, 5) is 14.9. The summed E-state index contributed by atoms with van der Waals surface area (Å²) in [5.74, 6) is -1.03. The summed E-state index contributed by atoms with van der Waals surface area (Å²) in [6, 6.07) is 7.54. The molecule has 4 rings (SSSR count). The van der Waals surface area contributed by atoms with Crippen molar-refractivity contribution in [2.75, 3.05) is 13.1 Å². The summed E-state index contributed by atoms with van der Waals surface area (Å²) in [6.45, 7) is 3.26. The predicted octanol–water partition coefficient (Wildman–Crippen LogP) is 6.00. The molecule has 2 aliphatic rings. The number of hydrogen-bond acceptors (Lipinski definition) is 5. The number of benzene rings is 2. The molecule has 0 radical (unpaired) electrons. The Kier molecular flexibility index (Phi) is 8.72. The summed E-state index contributed by atoms with van der Waals surface area (Å²) in [5, 5.41) is 0.957. The van der Waals surface area contributed by atoms with Gasteiger partial charge in [0.1, 0.15) is 17.7 Å². The van der Waals surface area contributed by atoms with Gasteiger partial charge in [0.2, 0.25) is 5.91 Å². The van der Waals surface area contributed by atoms with Crippen LogP contribution in [0.3, 0.4) is 0 Å². The van der Waals surface area contributed by atoms with Gasteiger partial charge in [-0.3, -0.25) is 4.79 Å². The number of sulfonamides is 1. The van der Waals surface area contributed by atoms with Gasteiger partial charge in [0.15, 0.2) is 0 Å². The topological polar surface area (TPSA) is 75.7 Å². The smallest absolute Gasteiger partial charge is 0.264 e. The number of likely N-dealkylation sites (tertiary alicyclic amines) is 1. The van der Waals surface area contributed by atoms with Crippen molar-refractivity contribution < 1.29 is 22.3 Å². The highest BCUT2D eigenvalue weighted by molar-refractivity contribution is 7.90. The van der Waals surface area contributed by atoms with Gasteiger partial charge < -0.3 is 9.64 Å². The molecule has 0 unspecified atom stereocenters. The van der Waals surface area contributed by atoms with Crippen LogP contribution in [0.15, 0.2) is 35.2 Å². The molecule has 36 heavy (non-hydrogen) atoms. The van der Waals surface area contributed by atoms with Crippen molar-refractivity contribution in [3.63, 3.8) is 0 Å². The van der Waals surface area contributed by atoms with Gasteiger partial charge in [-0.25, -0.2) is 17.5 Å². The second-order valence-corrected chi connectivity index (χ2v) is 12.3. The van der Waals surface area contributed by atoms with Crippen LogP contribution >= 0.6 is 34.8 Å². The highest BCUT2D eigenvalue weighted by Gasteiger charge is 2.33. The van der Waals surface area contributed by atoms with Crippen LogP contribution in [0, 0.1) is 18.7 Å². The number of hydrogen-bond donors (Lipinski definition) is 1. The lowest BCUT2D eigenvalue weighted by atomic mass is 9.84. The van der Waals surface area contributed by atoms with E-state index in [1.54, 1.807) is 12.1 Å². The molecule has 0 aromatic heterocycles. The number of piperidine rings is 1. The van der Waals surface area contributed by atoms with Crippen molar-refractivity contribution in [1.82, 2.24) is 9.62 Å². The lowest BCUT2D eigenvalue weighted by Crippen LogP contribution is -2.46. The molecule has 0 spiro atoms. The maximum absolute atomic E-state index is 13.7. The SMILES string of the molecule is Cc1c(Cl)cc(F)cc1S(=O)(=O)NC(=O)C1CCC(N2CCC(Oc3ccc(Cl)c(Cl)c3)CC2)CC1. The van der Waals surface area contributed by atoms with Crippen LogP contribution in [-0.4, -0.2) is 44.5 Å². The third-order valence-electron chi connectivity index (χ3n) is 7.04. The van der Waals surface area contributed by atoms with Crippen molar-refractivity contribution >= 4 is 50.7 Å². The average molecular weight is 578 g/mol. The van der Waals surface area contributed by atoms with E-state index in [2.05, 4.69) is 9.62 Å². The van der Waals surface area contributed by atoms with Crippen molar-refractivity contribution in [2.24, 2.45) is 5.92 Å². The van der Waals surface area contributed by atoms with Crippen molar-refractivity contribution in [2.45, 2.75) is 62.5 Å². The summed E-state index contributed by atoms with van der Waals surface area (Å²) in [5.41, 5.74) is 0.202. The van der Waals surface area contributed by atoms with Gasteiger partial charge >= 0.3 is 0 Å². The molecule has 2 fully saturated rings. The van der Waals surface area contributed by atoms with Gasteiger partial charge in [-0.2, -0.15) is 0 Å². The number of nitrogens with one attached hydrogen (secondary N) is 1. The van der Waals surface area contributed by atoms with Crippen molar-refractivity contribution in [1.29, 1.82) is 0 Å². The summed E-state index contributed by atoms with van der Waals surface area (Å²) < 4.78 is 47.4.